The van der Waals surface area contributed by atoms with Crippen molar-refractivity contribution in [1.82, 2.24) is 15.5 Å². The van der Waals surface area contributed by atoms with Crippen LogP contribution in [0.1, 0.15) is 22.9 Å². The van der Waals surface area contributed by atoms with Crippen LogP contribution in [-0.4, -0.2) is 63.9 Å². The zero-order chi connectivity index (χ0) is 20.3. The van der Waals surface area contributed by atoms with Crippen LogP contribution in [0.15, 0.2) is 46.8 Å². The molecule has 7 heteroatoms. The monoisotopic (exact) mass is 416 g/mol. The average Bonchev–Trinajstić information content (AvgIpc) is 3.29. The van der Waals surface area contributed by atoms with E-state index in [0.29, 0.717) is 12.6 Å². The van der Waals surface area contributed by atoms with Crippen molar-refractivity contribution in [3.05, 3.63) is 52.2 Å². The fraction of sp³-hybridized carbons (Fsp3) is 0.500. The van der Waals surface area contributed by atoms with Crippen LogP contribution in [0.5, 0.6) is 5.75 Å². The van der Waals surface area contributed by atoms with Crippen LogP contribution >= 0.6 is 11.3 Å². The number of benzene rings is 1. The van der Waals surface area contributed by atoms with Gasteiger partial charge in [0, 0.05) is 38.1 Å². The zero-order valence-corrected chi connectivity index (χ0v) is 18.2. The molecule has 2 N–H and O–H groups in total. The molecule has 1 saturated heterocycles. The Balaban J connectivity index is 1.40. The molecule has 0 radical (unpaired) electrons. The van der Waals surface area contributed by atoms with Gasteiger partial charge in [0.05, 0.1) is 25.9 Å². The number of hydrogen-bond donors (Lipinski definition) is 2. The van der Waals surface area contributed by atoms with Crippen molar-refractivity contribution >= 4 is 17.3 Å². The highest BCUT2D eigenvalue weighted by atomic mass is 32.1. The number of rotatable bonds is 9. The van der Waals surface area contributed by atoms with Crippen molar-refractivity contribution in [3.63, 3.8) is 0 Å². The number of nitrogens with one attached hydrogen (secondary N) is 2. The molecule has 0 aliphatic carbocycles. The normalized spacial score (nSPS) is 16.4. The highest BCUT2D eigenvalue weighted by Gasteiger charge is 2.23. The molecular formula is C22H32N4O2S. The third-order valence-corrected chi connectivity index (χ3v) is 5.92. The molecule has 2 aromatic rings. The molecule has 0 spiro atoms. The molecule has 1 atom stereocenters. The van der Waals surface area contributed by atoms with E-state index < -0.39 is 0 Å². The largest absolute Gasteiger partial charge is 0.494 e. The van der Waals surface area contributed by atoms with Crippen molar-refractivity contribution in [1.29, 1.82) is 0 Å². The fourth-order valence-electron chi connectivity index (χ4n) is 3.30. The Morgan fingerprint density at radius 2 is 2.00 bits per heavy atom. The lowest BCUT2D eigenvalue weighted by Crippen LogP contribution is -2.46. The summed E-state index contributed by atoms with van der Waals surface area (Å²) < 4.78 is 11.3. The van der Waals surface area contributed by atoms with E-state index in [-0.39, 0.29) is 0 Å². The first-order valence-corrected chi connectivity index (χ1v) is 11.1. The van der Waals surface area contributed by atoms with Gasteiger partial charge in [0.25, 0.3) is 0 Å². The Morgan fingerprint density at radius 1 is 1.21 bits per heavy atom. The molecule has 1 aliphatic heterocycles. The minimum absolute atomic E-state index is 0.335. The Bertz CT molecular complexity index is 728. The van der Waals surface area contributed by atoms with E-state index in [2.05, 4.69) is 57.1 Å². The summed E-state index contributed by atoms with van der Waals surface area (Å²) in [4.78, 5) is 8.23. The Labute approximate surface area is 177 Å². The summed E-state index contributed by atoms with van der Waals surface area (Å²) in [6.07, 6.45) is 0.909. The molecule has 1 aromatic heterocycles. The van der Waals surface area contributed by atoms with Gasteiger partial charge in [0.1, 0.15) is 5.75 Å². The predicted octanol–water partition coefficient (Wildman–Crippen LogP) is 3.06. The van der Waals surface area contributed by atoms with Gasteiger partial charge in [-0.1, -0.05) is 23.8 Å². The summed E-state index contributed by atoms with van der Waals surface area (Å²) in [5.74, 6) is 1.75. The first-order chi connectivity index (χ1) is 14.3. The molecular weight excluding hydrogens is 384 g/mol. The summed E-state index contributed by atoms with van der Waals surface area (Å²) >= 11 is 1.81. The molecule has 1 fully saturated rings. The number of aliphatic imine (C=N–C) groups is 1. The van der Waals surface area contributed by atoms with Crippen molar-refractivity contribution in [2.75, 3.05) is 53.0 Å². The number of hydrogen-bond acceptors (Lipinski definition) is 5. The minimum Gasteiger partial charge on any atom is -0.494 e. The van der Waals surface area contributed by atoms with Crippen molar-refractivity contribution in [2.24, 2.45) is 4.99 Å². The van der Waals surface area contributed by atoms with Gasteiger partial charge in [0.2, 0.25) is 0 Å². The van der Waals surface area contributed by atoms with Gasteiger partial charge in [-0.2, -0.15) is 0 Å². The summed E-state index contributed by atoms with van der Waals surface area (Å²) in [6.45, 7) is 7.92. The van der Waals surface area contributed by atoms with E-state index in [0.717, 1.165) is 57.5 Å². The first-order valence-electron chi connectivity index (χ1n) is 10.3. The highest BCUT2D eigenvalue weighted by Crippen LogP contribution is 2.25. The van der Waals surface area contributed by atoms with Crippen molar-refractivity contribution < 1.29 is 9.47 Å². The summed E-state index contributed by atoms with van der Waals surface area (Å²) in [5.41, 5.74) is 1.24. The van der Waals surface area contributed by atoms with Crippen LogP contribution in [0, 0.1) is 6.92 Å². The molecule has 0 bridgehead atoms. The standard InChI is InChI=1S/C22H32N4O2S/c1-18-6-8-19(9-7-18)28-13-4-10-24-22(23-2)25-17-20(21-5-3-16-29-21)26-11-14-27-15-12-26/h3,5-9,16,20H,4,10-15,17H2,1-2H3,(H2,23,24,25). The Kier molecular flexibility index (Phi) is 8.80. The molecule has 1 aliphatic rings. The third kappa shape index (κ3) is 7.03. The Morgan fingerprint density at radius 3 is 2.69 bits per heavy atom. The van der Waals surface area contributed by atoms with Crippen LogP contribution in [0.4, 0.5) is 0 Å². The minimum atomic E-state index is 0.335. The molecule has 6 nitrogen and oxygen atoms in total. The maximum Gasteiger partial charge on any atom is 0.191 e. The van der Waals surface area contributed by atoms with Gasteiger partial charge in [-0.05, 0) is 36.9 Å². The maximum absolute atomic E-state index is 5.79. The number of guanidine groups is 1. The lowest BCUT2D eigenvalue weighted by atomic mass is 10.2. The fourth-order valence-corrected chi connectivity index (χ4v) is 4.16. The molecule has 1 unspecified atom stereocenters. The van der Waals surface area contributed by atoms with Gasteiger partial charge in [-0.3, -0.25) is 9.89 Å². The molecule has 3 rings (SSSR count). The van der Waals surface area contributed by atoms with Crippen LogP contribution in [-0.2, 0) is 4.74 Å². The van der Waals surface area contributed by atoms with E-state index >= 15 is 0 Å². The molecule has 2 heterocycles. The van der Waals surface area contributed by atoms with E-state index in [1.807, 2.05) is 30.5 Å². The molecule has 0 amide bonds. The molecule has 29 heavy (non-hydrogen) atoms. The van der Waals surface area contributed by atoms with E-state index in [1.54, 1.807) is 0 Å². The summed E-state index contributed by atoms with van der Waals surface area (Å²) in [6, 6.07) is 12.8. The van der Waals surface area contributed by atoms with E-state index in [4.69, 9.17) is 9.47 Å². The van der Waals surface area contributed by atoms with Crippen molar-refractivity contribution in [3.8, 4) is 5.75 Å². The maximum atomic E-state index is 5.79. The summed E-state index contributed by atoms with van der Waals surface area (Å²) in [5, 5.41) is 9.02. The predicted molar refractivity (Wildman–Crippen MR) is 120 cm³/mol. The van der Waals surface area contributed by atoms with Gasteiger partial charge in [-0.15, -0.1) is 11.3 Å². The van der Waals surface area contributed by atoms with E-state index in [9.17, 15) is 0 Å². The second-order valence-electron chi connectivity index (χ2n) is 7.07. The average molecular weight is 417 g/mol. The van der Waals surface area contributed by atoms with Gasteiger partial charge in [-0.25, -0.2) is 0 Å². The zero-order valence-electron chi connectivity index (χ0n) is 17.4. The second-order valence-corrected chi connectivity index (χ2v) is 8.05. The van der Waals surface area contributed by atoms with Crippen LogP contribution in [0.3, 0.4) is 0 Å². The number of thiophene rings is 1. The van der Waals surface area contributed by atoms with Crippen LogP contribution in [0.25, 0.3) is 0 Å². The number of aryl methyl sites for hydroxylation is 1. The van der Waals surface area contributed by atoms with Gasteiger partial charge in [0.15, 0.2) is 5.96 Å². The number of ether oxygens (including phenoxy) is 2. The van der Waals surface area contributed by atoms with Crippen LogP contribution < -0.4 is 15.4 Å². The molecule has 0 saturated carbocycles. The van der Waals surface area contributed by atoms with E-state index in [1.165, 1.54) is 10.4 Å². The molecule has 1 aromatic carbocycles. The smallest absolute Gasteiger partial charge is 0.191 e. The summed E-state index contributed by atoms with van der Waals surface area (Å²) in [7, 11) is 1.81. The highest BCUT2D eigenvalue weighted by molar-refractivity contribution is 7.10. The topological polar surface area (TPSA) is 58.1 Å². The first kappa shape index (κ1) is 21.6. The second kappa shape index (κ2) is 11.8. The number of nitrogens with zero attached hydrogens (tertiary/aromatic N) is 2. The van der Waals surface area contributed by atoms with Crippen molar-refractivity contribution in [2.45, 2.75) is 19.4 Å². The third-order valence-electron chi connectivity index (χ3n) is 4.95. The quantitative estimate of drug-likeness (QED) is 0.374. The Hall–Kier alpha value is -2.09. The lowest BCUT2D eigenvalue weighted by Gasteiger charge is -2.34. The van der Waals surface area contributed by atoms with Gasteiger partial charge >= 0.3 is 0 Å². The van der Waals surface area contributed by atoms with Gasteiger partial charge < -0.3 is 20.1 Å². The SMILES string of the molecule is CN=C(NCCCOc1ccc(C)cc1)NCC(c1cccs1)N1CCOCC1. The molecule has 158 valence electrons. The number of morpholine rings is 1. The lowest BCUT2D eigenvalue weighted by molar-refractivity contribution is 0.0177. The van der Waals surface area contributed by atoms with Crippen LogP contribution in [0.2, 0.25) is 0 Å².